The fourth-order valence-corrected chi connectivity index (χ4v) is 3.25. The van der Waals surface area contributed by atoms with E-state index in [4.69, 9.17) is 5.11 Å². The first-order valence-corrected chi connectivity index (χ1v) is 7.76. The van der Waals surface area contributed by atoms with E-state index >= 15 is 0 Å². The summed E-state index contributed by atoms with van der Waals surface area (Å²) in [5, 5.41) is 10.7. The van der Waals surface area contributed by atoms with Gasteiger partial charge in [-0.15, -0.1) is 11.3 Å². The summed E-state index contributed by atoms with van der Waals surface area (Å²) in [5.41, 5.74) is 1.04. The average Bonchev–Trinajstić information content (AvgIpc) is 2.76. The average molecular weight is 279 g/mol. The Morgan fingerprint density at radius 2 is 2.37 bits per heavy atom. The van der Waals surface area contributed by atoms with Crippen molar-refractivity contribution in [2.75, 3.05) is 13.1 Å². The van der Waals surface area contributed by atoms with Crippen LogP contribution in [0.4, 0.5) is 0 Å². The molecule has 1 heterocycles. The standard InChI is InChI=1S/C15H21NO2S/c1-2-16(10-12-4-3-5-12)11-14-13(8-9-19-14)6-7-15(17)18/h6-9,12H,2-5,10-11H2,1H3,(H,17,18)/b7-6+. The number of rotatable bonds is 7. The summed E-state index contributed by atoms with van der Waals surface area (Å²) in [6, 6.07) is 2.00. The molecule has 4 heteroatoms. The molecule has 0 unspecified atom stereocenters. The minimum atomic E-state index is -0.890. The van der Waals surface area contributed by atoms with Crippen molar-refractivity contribution >= 4 is 23.4 Å². The number of nitrogens with zero attached hydrogens (tertiary/aromatic N) is 1. The van der Waals surface area contributed by atoms with E-state index in [9.17, 15) is 4.79 Å². The maximum Gasteiger partial charge on any atom is 0.328 e. The molecule has 1 fully saturated rings. The number of hydrogen-bond acceptors (Lipinski definition) is 3. The summed E-state index contributed by atoms with van der Waals surface area (Å²) in [6.45, 7) is 5.36. The topological polar surface area (TPSA) is 40.5 Å². The van der Waals surface area contributed by atoms with Gasteiger partial charge in [0.15, 0.2) is 0 Å². The van der Waals surface area contributed by atoms with Gasteiger partial charge in [-0.1, -0.05) is 13.3 Å². The van der Waals surface area contributed by atoms with Crippen LogP contribution in [-0.4, -0.2) is 29.1 Å². The lowest BCUT2D eigenvalue weighted by Gasteiger charge is -2.31. The Bertz CT molecular complexity index is 449. The molecule has 19 heavy (non-hydrogen) atoms. The molecule has 0 aliphatic heterocycles. The lowest BCUT2D eigenvalue weighted by molar-refractivity contribution is -0.131. The maximum atomic E-state index is 10.6. The van der Waals surface area contributed by atoms with Gasteiger partial charge in [0.2, 0.25) is 0 Å². The van der Waals surface area contributed by atoms with E-state index in [0.29, 0.717) is 0 Å². The summed E-state index contributed by atoms with van der Waals surface area (Å²) < 4.78 is 0. The molecule has 0 saturated heterocycles. The van der Waals surface area contributed by atoms with Crippen LogP contribution in [0.25, 0.3) is 6.08 Å². The normalized spacial score (nSPS) is 16.1. The third-order valence-corrected chi connectivity index (χ3v) is 4.66. The van der Waals surface area contributed by atoms with Gasteiger partial charge in [-0.05, 0) is 48.4 Å². The largest absolute Gasteiger partial charge is 0.478 e. The van der Waals surface area contributed by atoms with Crippen LogP contribution in [0.15, 0.2) is 17.5 Å². The Morgan fingerprint density at radius 1 is 1.58 bits per heavy atom. The van der Waals surface area contributed by atoms with Gasteiger partial charge < -0.3 is 5.11 Å². The van der Waals surface area contributed by atoms with E-state index in [1.54, 1.807) is 17.4 Å². The second-order valence-corrected chi connectivity index (χ2v) is 6.10. The monoisotopic (exact) mass is 279 g/mol. The number of aliphatic carboxylic acids is 1. The maximum absolute atomic E-state index is 10.6. The Labute approximate surface area is 118 Å². The molecule has 104 valence electrons. The van der Waals surface area contributed by atoms with Gasteiger partial charge in [-0.2, -0.15) is 0 Å². The van der Waals surface area contributed by atoms with Gasteiger partial charge in [0, 0.05) is 24.0 Å². The zero-order chi connectivity index (χ0) is 13.7. The van der Waals surface area contributed by atoms with E-state index in [-0.39, 0.29) is 0 Å². The zero-order valence-corrected chi connectivity index (χ0v) is 12.2. The Hall–Kier alpha value is -1.13. The van der Waals surface area contributed by atoms with E-state index in [2.05, 4.69) is 11.8 Å². The predicted octanol–water partition coefficient (Wildman–Crippen LogP) is 3.47. The van der Waals surface area contributed by atoms with E-state index in [1.165, 1.54) is 36.8 Å². The lowest BCUT2D eigenvalue weighted by atomic mass is 9.85. The van der Waals surface area contributed by atoms with Gasteiger partial charge in [-0.25, -0.2) is 4.79 Å². The number of carbonyl (C=O) groups is 1. The first kappa shape index (κ1) is 14.3. The SMILES string of the molecule is CCN(Cc1sccc1/C=C/C(=O)O)CC1CCC1. The second-order valence-electron chi connectivity index (χ2n) is 5.10. The third-order valence-electron chi connectivity index (χ3n) is 3.74. The van der Waals surface area contributed by atoms with Gasteiger partial charge in [0.1, 0.15) is 0 Å². The Morgan fingerprint density at radius 3 is 2.95 bits per heavy atom. The minimum Gasteiger partial charge on any atom is -0.478 e. The molecule has 0 atom stereocenters. The molecular formula is C15H21NO2S. The van der Waals surface area contributed by atoms with Crippen LogP contribution in [0.1, 0.15) is 36.6 Å². The van der Waals surface area contributed by atoms with Crippen LogP contribution >= 0.6 is 11.3 Å². The molecule has 0 aromatic carbocycles. The predicted molar refractivity (Wildman–Crippen MR) is 79.3 cm³/mol. The summed E-state index contributed by atoms with van der Waals surface area (Å²) in [4.78, 5) is 14.3. The van der Waals surface area contributed by atoms with Gasteiger partial charge in [0.05, 0.1) is 0 Å². The Balaban J connectivity index is 1.96. The summed E-state index contributed by atoms with van der Waals surface area (Å²) in [6.07, 6.45) is 7.03. The molecule has 1 saturated carbocycles. The number of carboxylic acid groups (broad SMARTS) is 1. The highest BCUT2D eigenvalue weighted by Crippen LogP contribution is 2.28. The highest BCUT2D eigenvalue weighted by molar-refractivity contribution is 7.10. The molecule has 0 bridgehead atoms. The van der Waals surface area contributed by atoms with Gasteiger partial charge in [0.25, 0.3) is 0 Å². The van der Waals surface area contributed by atoms with Crippen molar-refractivity contribution < 1.29 is 9.90 Å². The van der Waals surface area contributed by atoms with Crippen LogP contribution in [0.5, 0.6) is 0 Å². The number of thiophene rings is 1. The zero-order valence-electron chi connectivity index (χ0n) is 11.3. The van der Waals surface area contributed by atoms with Crippen molar-refractivity contribution in [3.05, 3.63) is 28.0 Å². The van der Waals surface area contributed by atoms with Crippen LogP contribution < -0.4 is 0 Å². The first-order valence-electron chi connectivity index (χ1n) is 6.88. The molecule has 1 aromatic heterocycles. The number of hydrogen-bond donors (Lipinski definition) is 1. The molecule has 1 aliphatic carbocycles. The van der Waals surface area contributed by atoms with Crippen LogP contribution in [-0.2, 0) is 11.3 Å². The van der Waals surface area contributed by atoms with Crippen molar-refractivity contribution in [1.29, 1.82) is 0 Å². The van der Waals surface area contributed by atoms with E-state index in [1.807, 2.05) is 11.4 Å². The molecule has 0 radical (unpaired) electrons. The number of carboxylic acids is 1. The second kappa shape index (κ2) is 6.87. The van der Waals surface area contributed by atoms with Gasteiger partial charge in [-0.3, -0.25) is 4.90 Å². The quantitative estimate of drug-likeness (QED) is 0.777. The molecule has 1 N–H and O–H groups in total. The van der Waals surface area contributed by atoms with E-state index < -0.39 is 5.97 Å². The molecule has 2 rings (SSSR count). The molecule has 1 aromatic rings. The smallest absolute Gasteiger partial charge is 0.328 e. The Kier molecular flexibility index (Phi) is 5.16. The van der Waals surface area contributed by atoms with Crippen LogP contribution in [0, 0.1) is 5.92 Å². The third kappa shape index (κ3) is 4.18. The van der Waals surface area contributed by atoms with Crippen molar-refractivity contribution in [3.63, 3.8) is 0 Å². The fraction of sp³-hybridized carbons (Fsp3) is 0.533. The van der Waals surface area contributed by atoms with Crippen LogP contribution in [0.2, 0.25) is 0 Å². The van der Waals surface area contributed by atoms with E-state index in [0.717, 1.165) is 24.6 Å². The molecule has 0 amide bonds. The molecule has 3 nitrogen and oxygen atoms in total. The van der Waals surface area contributed by atoms with Crippen LogP contribution in [0.3, 0.4) is 0 Å². The highest BCUT2D eigenvalue weighted by atomic mass is 32.1. The van der Waals surface area contributed by atoms with Gasteiger partial charge >= 0.3 is 5.97 Å². The fourth-order valence-electron chi connectivity index (χ4n) is 2.34. The molecule has 1 aliphatic rings. The van der Waals surface area contributed by atoms with Crippen molar-refractivity contribution in [2.24, 2.45) is 5.92 Å². The minimum absolute atomic E-state index is 0.873. The lowest BCUT2D eigenvalue weighted by Crippen LogP contribution is -2.31. The summed E-state index contributed by atoms with van der Waals surface area (Å²) >= 11 is 1.71. The molecular weight excluding hydrogens is 258 g/mol. The first-order chi connectivity index (χ1) is 9.19. The van der Waals surface area contributed by atoms with Crippen molar-refractivity contribution in [3.8, 4) is 0 Å². The van der Waals surface area contributed by atoms with Crippen molar-refractivity contribution in [1.82, 2.24) is 4.90 Å². The highest BCUT2D eigenvalue weighted by Gasteiger charge is 2.20. The summed E-state index contributed by atoms with van der Waals surface area (Å²) in [7, 11) is 0. The van der Waals surface area contributed by atoms with Crippen molar-refractivity contribution in [2.45, 2.75) is 32.7 Å². The summed E-state index contributed by atoms with van der Waals surface area (Å²) in [5.74, 6) is -0.0168. The molecule has 0 spiro atoms.